The number of hydrogen-bond donors (Lipinski definition) is 2. The Bertz CT molecular complexity index is 781. The van der Waals surface area contributed by atoms with Crippen LogP contribution in [0, 0.1) is 6.92 Å². The smallest absolute Gasteiger partial charge is 0.352 e. The summed E-state index contributed by atoms with van der Waals surface area (Å²) in [6.45, 7) is 2.05. The Morgan fingerprint density at radius 2 is 2.00 bits per heavy atom. The highest BCUT2D eigenvalue weighted by Crippen LogP contribution is 2.26. The Kier molecular flexibility index (Phi) is 2.45. The van der Waals surface area contributed by atoms with Gasteiger partial charge in [0, 0.05) is 18.0 Å². The maximum absolute atomic E-state index is 11.1. The van der Waals surface area contributed by atoms with Gasteiger partial charge in [0.2, 0.25) is 0 Å². The summed E-state index contributed by atoms with van der Waals surface area (Å²) in [7, 11) is 1.76. The monoisotopic (exact) mass is 254 g/mol. The number of hydrogen-bond acceptors (Lipinski definition) is 1. The molecular formula is C15H14N2O2. The highest BCUT2D eigenvalue weighted by atomic mass is 16.4. The van der Waals surface area contributed by atoms with Crippen LogP contribution in [-0.2, 0) is 7.05 Å². The van der Waals surface area contributed by atoms with E-state index in [9.17, 15) is 4.79 Å². The minimum absolute atomic E-state index is 0.282. The molecule has 0 aliphatic heterocycles. The number of carboxylic acids is 1. The van der Waals surface area contributed by atoms with Gasteiger partial charge in [-0.25, -0.2) is 4.79 Å². The number of benzene rings is 1. The van der Waals surface area contributed by atoms with Gasteiger partial charge in [-0.3, -0.25) is 0 Å². The van der Waals surface area contributed by atoms with Crippen LogP contribution in [0.3, 0.4) is 0 Å². The third-order valence-electron chi connectivity index (χ3n) is 3.39. The van der Waals surface area contributed by atoms with Crippen molar-refractivity contribution in [2.45, 2.75) is 6.92 Å². The largest absolute Gasteiger partial charge is 0.477 e. The molecule has 0 aliphatic rings. The van der Waals surface area contributed by atoms with Crippen molar-refractivity contribution < 1.29 is 9.90 Å². The van der Waals surface area contributed by atoms with Gasteiger partial charge >= 0.3 is 5.97 Å². The van der Waals surface area contributed by atoms with E-state index in [0.29, 0.717) is 0 Å². The van der Waals surface area contributed by atoms with Gasteiger partial charge in [0.1, 0.15) is 5.69 Å². The molecule has 2 N–H and O–H groups in total. The number of carbonyl (C=O) groups is 1. The Morgan fingerprint density at radius 1 is 1.21 bits per heavy atom. The van der Waals surface area contributed by atoms with Crippen LogP contribution in [0.15, 0.2) is 36.4 Å². The van der Waals surface area contributed by atoms with Crippen molar-refractivity contribution in [2.24, 2.45) is 7.05 Å². The third-order valence-corrected chi connectivity index (χ3v) is 3.39. The van der Waals surface area contributed by atoms with Crippen molar-refractivity contribution in [3.63, 3.8) is 0 Å². The standard InChI is InChI=1S/C15H14N2O2/c1-9-3-4-10-8-12(16-11(10)7-9)13-5-6-14(15(18)19)17(13)2/h3-8,16H,1-2H3,(H,18,19). The lowest BCUT2D eigenvalue weighted by atomic mass is 10.2. The molecule has 3 rings (SSSR count). The van der Waals surface area contributed by atoms with Crippen LogP contribution in [-0.4, -0.2) is 20.6 Å². The number of aromatic amines is 1. The highest BCUT2D eigenvalue weighted by Gasteiger charge is 2.13. The number of aromatic carboxylic acids is 1. The summed E-state index contributed by atoms with van der Waals surface area (Å²) in [4.78, 5) is 14.4. The second-order valence-electron chi connectivity index (χ2n) is 4.74. The summed E-state index contributed by atoms with van der Waals surface area (Å²) in [5.41, 5.74) is 4.33. The fraction of sp³-hybridized carbons (Fsp3) is 0.133. The number of nitrogens with one attached hydrogen (secondary N) is 1. The van der Waals surface area contributed by atoms with E-state index in [1.165, 1.54) is 5.56 Å². The first-order valence-electron chi connectivity index (χ1n) is 6.05. The summed E-state index contributed by atoms with van der Waals surface area (Å²) >= 11 is 0. The van der Waals surface area contributed by atoms with Crippen molar-refractivity contribution in [3.8, 4) is 11.4 Å². The molecule has 2 aromatic heterocycles. The summed E-state index contributed by atoms with van der Waals surface area (Å²) in [6.07, 6.45) is 0. The van der Waals surface area contributed by atoms with Crippen molar-refractivity contribution in [1.82, 2.24) is 9.55 Å². The molecule has 0 aliphatic carbocycles. The van der Waals surface area contributed by atoms with Crippen LogP contribution in [0.4, 0.5) is 0 Å². The minimum atomic E-state index is -0.916. The number of nitrogens with zero attached hydrogens (tertiary/aromatic N) is 1. The number of aromatic nitrogens is 2. The van der Waals surface area contributed by atoms with Gasteiger partial charge < -0.3 is 14.7 Å². The second kappa shape index (κ2) is 4.02. The highest BCUT2D eigenvalue weighted by molar-refractivity contribution is 5.89. The van der Waals surface area contributed by atoms with E-state index in [-0.39, 0.29) is 5.69 Å². The fourth-order valence-electron chi connectivity index (χ4n) is 2.38. The normalized spacial score (nSPS) is 11.1. The lowest BCUT2D eigenvalue weighted by Gasteiger charge is -2.02. The lowest BCUT2D eigenvalue weighted by Crippen LogP contribution is -2.05. The van der Waals surface area contributed by atoms with Gasteiger partial charge in [0.05, 0.1) is 11.4 Å². The van der Waals surface area contributed by atoms with Crippen LogP contribution in [0.25, 0.3) is 22.3 Å². The zero-order valence-electron chi connectivity index (χ0n) is 10.8. The molecule has 4 nitrogen and oxygen atoms in total. The number of fused-ring (bicyclic) bond motifs is 1. The minimum Gasteiger partial charge on any atom is -0.477 e. The SMILES string of the molecule is Cc1ccc2cc(-c3ccc(C(=O)O)n3C)[nH]c2c1. The zero-order valence-corrected chi connectivity index (χ0v) is 10.8. The van der Waals surface area contributed by atoms with Crippen molar-refractivity contribution in [2.75, 3.05) is 0 Å². The van der Waals surface area contributed by atoms with E-state index in [2.05, 4.69) is 23.2 Å². The number of H-pyrrole nitrogens is 1. The summed E-state index contributed by atoms with van der Waals surface area (Å²) in [6, 6.07) is 11.7. The van der Waals surface area contributed by atoms with Crippen LogP contribution in [0.2, 0.25) is 0 Å². The van der Waals surface area contributed by atoms with Gasteiger partial charge in [-0.1, -0.05) is 12.1 Å². The quantitative estimate of drug-likeness (QED) is 0.738. The van der Waals surface area contributed by atoms with Crippen LogP contribution < -0.4 is 0 Å². The molecule has 0 fully saturated rings. The molecule has 0 saturated carbocycles. The first-order chi connectivity index (χ1) is 9.06. The summed E-state index contributed by atoms with van der Waals surface area (Å²) in [5.74, 6) is -0.916. The second-order valence-corrected chi connectivity index (χ2v) is 4.74. The Balaban J connectivity index is 2.16. The van der Waals surface area contributed by atoms with Crippen molar-refractivity contribution in [3.05, 3.63) is 47.7 Å². The van der Waals surface area contributed by atoms with E-state index < -0.39 is 5.97 Å². The van der Waals surface area contributed by atoms with E-state index in [4.69, 9.17) is 5.11 Å². The molecule has 0 saturated heterocycles. The predicted molar refractivity (Wildman–Crippen MR) is 74.4 cm³/mol. The number of carboxylic acid groups (broad SMARTS) is 1. The average Bonchev–Trinajstić information content (AvgIpc) is 2.91. The van der Waals surface area contributed by atoms with Gasteiger partial charge in [0.25, 0.3) is 0 Å². The Labute approximate surface area is 110 Å². The first kappa shape index (κ1) is 11.6. The molecule has 0 bridgehead atoms. The Morgan fingerprint density at radius 3 is 2.68 bits per heavy atom. The van der Waals surface area contributed by atoms with Crippen molar-refractivity contribution >= 4 is 16.9 Å². The molecule has 2 heterocycles. The molecule has 0 spiro atoms. The van der Waals surface area contributed by atoms with Gasteiger partial charge in [-0.05, 0) is 36.8 Å². The Hall–Kier alpha value is -2.49. The molecule has 96 valence electrons. The molecule has 4 heteroatoms. The maximum Gasteiger partial charge on any atom is 0.352 e. The molecule has 0 radical (unpaired) electrons. The molecule has 1 aromatic carbocycles. The zero-order chi connectivity index (χ0) is 13.6. The fourth-order valence-corrected chi connectivity index (χ4v) is 2.38. The maximum atomic E-state index is 11.1. The van der Waals surface area contributed by atoms with E-state index >= 15 is 0 Å². The number of rotatable bonds is 2. The molecule has 0 amide bonds. The molecule has 0 atom stereocenters. The van der Waals surface area contributed by atoms with Crippen LogP contribution in [0.1, 0.15) is 16.1 Å². The number of aryl methyl sites for hydroxylation is 1. The van der Waals surface area contributed by atoms with Crippen molar-refractivity contribution in [1.29, 1.82) is 0 Å². The van der Waals surface area contributed by atoms with Gasteiger partial charge in [-0.15, -0.1) is 0 Å². The summed E-state index contributed by atoms with van der Waals surface area (Å²) < 4.78 is 1.68. The predicted octanol–water partition coefficient (Wildman–Crippen LogP) is 3.18. The average molecular weight is 254 g/mol. The first-order valence-corrected chi connectivity index (χ1v) is 6.05. The third kappa shape index (κ3) is 1.81. The van der Waals surface area contributed by atoms with E-state index in [0.717, 1.165) is 22.3 Å². The lowest BCUT2D eigenvalue weighted by molar-refractivity contribution is 0.0687. The molecular weight excluding hydrogens is 240 g/mol. The van der Waals surface area contributed by atoms with Crippen LogP contribution in [0.5, 0.6) is 0 Å². The van der Waals surface area contributed by atoms with Crippen LogP contribution >= 0.6 is 0 Å². The van der Waals surface area contributed by atoms with Gasteiger partial charge in [0.15, 0.2) is 0 Å². The van der Waals surface area contributed by atoms with E-state index in [1.807, 2.05) is 19.1 Å². The topological polar surface area (TPSA) is 58.0 Å². The molecule has 19 heavy (non-hydrogen) atoms. The molecule has 0 unspecified atom stereocenters. The summed E-state index contributed by atoms with van der Waals surface area (Å²) in [5, 5.41) is 10.2. The van der Waals surface area contributed by atoms with E-state index in [1.54, 1.807) is 17.7 Å². The molecule has 3 aromatic rings. The van der Waals surface area contributed by atoms with Gasteiger partial charge in [-0.2, -0.15) is 0 Å².